The lowest BCUT2D eigenvalue weighted by molar-refractivity contribution is 0.340. The van der Waals surface area contributed by atoms with Crippen LogP contribution < -0.4 is 0 Å². The summed E-state index contributed by atoms with van der Waals surface area (Å²) in [4.78, 5) is 0. The lowest BCUT2D eigenvalue weighted by atomic mass is 9.83. The maximum absolute atomic E-state index is 8.67. The molecule has 0 unspecified atom stereocenters. The second kappa shape index (κ2) is 3.72. The molecule has 11 heavy (non-hydrogen) atoms. The quantitative estimate of drug-likeness (QED) is 0.571. The fourth-order valence-corrected chi connectivity index (χ4v) is 1.52. The van der Waals surface area contributed by atoms with Crippen molar-refractivity contribution < 1.29 is 5.11 Å². The summed E-state index contributed by atoms with van der Waals surface area (Å²) in [6.07, 6.45) is 5.24. The molecule has 62 valence electrons. The predicted molar refractivity (Wildman–Crippen MR) is 47.3 cm³/mol. The third kappa shape index (κ3) is 2.19. The molecule has 0 radical (unpaired) electrons. The molecule has 1 aliphatic carbocycles. The second-order valence-electron chi connectivity index (χ2n) is 3.31. The highest BCUT2D eigenvalue weighted by atomic mass is 16.2. The van der Waals surface area contributed by atoms with Crippen molar-refractivity contribution >= 4 is 0 Å². The van der Waals surface area contributed by atoms with Gasteiger partial charge in [-0.15, -0.1) is 0 Å². The third-order valence-corrected chi connectivity index (χ3v) is 2.41. The van der Waals surface area contributed by atoms with Gasteiger partial charge in [0.15, 0.2) is 0 Å². The number of aliphatic hydroxyl groups is 1. The Balaban J connectivity index is 2.52. The zero-order chi connectivity index (χ0) is 8.27. The monoisotopic (exact) mass is 152 g/mol. The molecule has 1 saturated carbocycles. The van der Waals surface area contributed by atoms with Gasteiger partial charge in [0.1, 0.15) is 0 Å². The maximum Gasteiger partial charge on any atom is 0.0615 e. The highest BCUT2D eigenvalue weighted by Crippen LogP contribution is 2.31. The van der Waals surface area contributed by atoms with Crippen LogP contribution in [0.15, 0.2) is 23.8 Å². The van der Waals surface area contributed by atoms with E-state index in [1.54, 1.807) is 0 Å². The van der Waals surface area contributed by atoms with Gasteiger partial charge in [0, 0.05) is 0 Å². The van der Waals surface area contributed by atoms with E-state index in [0.29, 0.717) is 5.92 Å². The van der Waals surface area contributed by atoms with Crippen molar-refractivity contribution in [2.24, 2.45) is 5.92 Å². The summed E-state index contributed by atoms with van der Waals surface area (Å²) in [6.45, 7) is 6.39. The van der Waals surface area contributed by atoms with Crippen LogP contribution in [0, 0.1) is 5.92 Å². The Morgan fingerprint density at radius 2 is 2.36 bits per heavy atom. The van der Waals surface area contributed by atoms with Crippen molar-refractivity contribution in [1.82, 2.24) is 0 Å². The Morgan fingerprint density at radius 1 is 1.64 bits per heavy atom. The van der Waals surface area contributed by atoms with Crippen LogP contribution in [0.3, 0.4) is 0 Å². The molecule has 1 aliphatic rings. The first kappa shape index (κ1) is 8.54. The van der Waals surface area contributed by atoms with E-state index in [2.05, 4.69) is 13.5 Å². The number of rotatable bonds is 1. The van der Waals surface area contributed by atoms with E-state index in [1.807, 2.05) is 6.08 Å². The first-order valence-electron chi connectivity index (χ1n) is 4.20. The third-order valence-electron chi connectivity index (χ3n) is 2.41. The lowest BCUT2D eigenvalue weighted by Crippen LogP contribution is -2.07. The molecule has 0 aromatic carbocycles. The standard InChI is InChI=1S/C10H16O/c1-8-3-4-10(5-6-11)7-9(8)2/h5,9,11H,1,3-4,6-7H2,2H3/b10-5+/t9-/m1/s1. The molecule has 1 N–H and O–H groups in total. The van der Waals surface area contributed by atoms with Crippen molar-refractivity contribution in [3.63, 3.8) is 0 Å². The van der Waals surface area contributed by atoms with Crippen molar-refractivity contribution in [3.05, 3.63) is 23.8 Å². The molecule has 0 saturated heterocycles. The number of aliphatic hydroxyl groups excluding tert-OH is 1. The predicted octanol–water partition coefficient (Wildman–Crippen LogP) is 2.28. The van der Waals surface area contributed by atoms with E-state index in [1.165, 1.54) is 11.1 Å². The van der Waals surface area contributed by atoms with Gasteiger partial charge in [0.05, 0.1) is 6.61 Å². The minimum Gasteiger partial charge on any atom is -0.392 e. The minimum absolute atomic E-state index is 0.189. The van der Waals surface area contributed by atoms with E-state index in [4.69, 9.17) is 5.11 Å². The van der Waals surface area contributed by atoms with Crippen LogP contribution >= 0.6 is 0 Å². The summed E-state index contributed by atoms with van der Waals surface area (Å²) in [7, 11) is 0. The Labute approximate surface area is 68.4 Å². The van der Waals surface area contributed by atoms with Crippen LogP contribution in [-0.2, 0) is 0 Å². The fourth-order valence-electron chi connectivity index (χ4n) is 1.52. The zero-order valence-electron chi connectivity index (χ0n) is 7.14. The lowest BCUT2D eigenvalue weighted by Gasteiger charge is -2.23. The van der Waals surface area contributed by atoms with Gasteiger partial charge in [-0.25, -0.2) is 0 Å². The Hall–Kier alpha value is -0.560. The summed E-state index contributed by atoms with van der Waals surface area (Å²) < 4.78 is 0. The van der Waals surface area contributed by atoms with Crippen LogP contribution in [0.4, 0.5) is 0 Å². The number of hydrogen-bond donors (Lipinski definition) is 1. The maximum atomic E-state index is 8.67. The molecule has 0 heterocycles. The first-order chi connectivity index (χ1) is 5.24. The largest absolute Gasteiger partial charge is 0.392 e. The Bertz CT molecular complexity index is 179. The Morgan fingerprint density at radius 3 is 2.91 bits per heavy atom. The molecule has 1 fully saturated rings. The van der Waals surface area contributed by atoms with Gasteiger partial charge in [-0.05, 0) is 25.2 Å². The van der Waals surface area contributed by atoms with Crippen molar-refractivity contribution in [2.75, 3.05) is 6.61 Å². The highest BCUT2D eigenvalue weighted by Gasteiger charge is 2.15. The van der Waals surface area contributed by atoms with Gasteiger partial charge in [0.2, 0.25) is 0 Å². The average molecular weight is 152 g/mol. The van der Waals surface area contributed by atoms with Crippen LogP contribution in [0.2, 0.25) is 0 Å². The number of allylic oxidation sites excluding steroid dienone is 2. The Kier molecular flexibility index (Phi) is 2.89. The normalized spacial score (nSPS) is 29.5. The van der Waals surface area contributed by atoms with E-state index >= 15 is 0 Å². The van der Waals surface area contributed by atoms with Crippen LogP contribution in [0.1, 0.15) is 26.2 Å². The molecular weight excluding hydrogens is 136 g/mol. The highest BCUT2D eigenvalue weighted by molar-refractivity contribution is 5.16. The topological polar surface area (TPSA) is 20.2 Å². The molecule has 1 heteroatoms. The molecule has 0 spiro atoms. The van der Waals surface area contributed by atoms with E-state index in [0.717, 1.165) is 19.3 Å². The SMILES string of the molecule is C=C1CC/C(=C\CO)C[C@H]1C. The van der Waals surface area contributed by atoms with Crippen molar-refractivity contribution in [3.8, 4) is 0 Å². The van der Waals surface area contributed by atoms with Crippen molar-refractivity contribution in [1.29, 1.82) is 0 Å². The summed E-state index contributed by atoms with van der Waals surface area (Å²) in [5.74, 6) is 0.613. The van der Waals surface area contributed by atoms with Gasteiger partial charge >= 0.3 is 0 Å². The summed E-state index contributed by atoms with van der Waals surface area (Å²) in [5, 5.41) is 8.67. The second-order valence-corrected chi connectivity index (χ2v) is 3.31. The van der Waals surface area contributed by atoms with Gasteiger partial charge in [-0.2, -0.15) is 0 Å². The van der Waals surface area contributed by atoms with Gasteiger partial charge in [-0.1, -0.05) is 30.7 Å². The average Bonchev–Trinajstić information content (AvgIpc) is 1.98. The molecule has 1 atom stereocenters. The summed E-state index contributed by atoms with van der Waals surface area (Å²) in [6, 6.07) is 0. The first-order valence-corrected chi connectivity index (χ1v) is 4.20. The minimum atomic E-state index is 0.189. The molecule has 1 nitrogen and oxygen atoms in total. The van der Waals surface area contributed by atoms with Crippen LogP contribution in [-0.4, -0.2) is 11.7 Å². The van der Waals surface area contributed by atoms with E-state index < -0.39 is 0 Å². The summed E-state index contributed by atoms with van der Waals surface area (Å²) >= 11 is 0. The molecule has 0 bridgehead atoms. The molecule has 0 aromatic rings. The van der Waals surface area contributed by atoms with Crippen molar-refractivity contribution in [2.45, 2.75) is 26.2 Å². The smallest absolute Gasteiger partial charge is 0.0615 e. The molecule has 0 aliphatic heterocycles. The fraction of sp³-hybridized carbons (Fsp3) is 0.600. The zero-order valence-corrected chi connectivity index (χ0v) is 7.14. The van der Waals surface area contributed by atoms with Gasteiger partial charge < -0.3 is 5.11 Å². The van der Waals surface area contributed by atoms with Gasteiger partial charge in [-0.3, -0.25) is 0 Å². The molecule has 0 amide bonds. The molecule has 0 aromatic heterocycles. The van der Waals surface area contributed by atoms with E-state index in [-0.39, 0.29) is 6.61 Å². The van der Waals surface area contributed by atoms with Gasteiger partial charge in [0.25, 0.3) is 0 Å². The van der Waals surface area contributed by atoms with E-state index in [9.17, 15) is 0 Å². The number of hydrogen-bond acceptors (Lipinski definition) is 1. The van der Waals surface area contributed by atoms with Crippen LogP contribution in [0.25, 0.3) is 0 Å². The molecular formula is C10H16O. The molecule has 1 rings (SSSR count). The van der Waals surface area contributed by atoms with Crippen LogP contribution in [0.5, 0.6) is 0 Å². The summed E-state index contributed by atoms with van der Waals surface area (Å²) in [5.41, 5.74) is 2.76.